The third-order valence-corrected chi connectivity index (χ3v) is 6.68. The first kappa shape index (κ1) is 24.8. The summed E-state index contributed by atoms with van der Waals surface area (Å²) >= 11 is -0.962. The third-order valence-electron chi connectivity index (χ3n) is 5.27. The minimum absolute atomic E-state index is 0.206. The van der Waals surface area contributed by atoms with Crippen molar-refractivity contribution in [2.24, 2.45) is 0 Å². The van der Waals surface area contributed by atoms with E-state index in [2.05, 4.69) is 15.0 Å². The van der Waals surface area contributed by atoms with Crippen molar-refractivity contribution < 1.29 is 23.1 Å². The lowest BCUT2D eigenvalue weighted by molar-refractivity contribution is -0.156. The standard InChI is InChI=1S/C21H27N5O5S2/c1-3-15-13-32-19(22-15)17(11-14-5-7-16(8-6-14)24-33(30)31)23-18(27)12-26-10-9-25(4-2)20(28)21(26)29/h5-8,13,17,24H,3-4,9-12H2,1-2H3,(H,23,27)(H,30,31)/p-1/t17-/m0/s1. The van der Waals surface area contributed by atoms with E-state index in [4.69, 9.17) is 0 Å². The van der Waals surface area contributed by atoms with Gasteiger partial charge in [0.15, 0.2) is 0 Å². The maximum absolute atomic E-state index is 12.8. The highest BCUT2D eigenvalue weighted by atomic mass is 32.2. The molecule has 0 saturated carbocycles. The average Bonchev–Trinajstić information content (AvgIpc) is 3.27. The fraction of sp³-hybridized carbons (Fsp3) is 0.429. The number of amides is 3. The van der Waals surface area contributed by atoms with Crippen LogP contribution in [0.3, 0.4) is 0 Å². The Hall–Kier alpha value is -2.83. The van der Waals surface area contributed by atoms with Gasteiger partial charge in [0.05, 0.1) is 11.7 Å². The zero-order valence-corrected chi connectivity index (χ0v) is 20.0. The number of rotatable bonds is 10. The number of carbonyl (C=O) groups is 3. The number of benzene rings is 1. The van der Waals surface area contributed by atoms with Gasteiger partial charge in [0.25, 0.3) is 0 Å². The van der Waals surface area contributed by atoms with Crippen molar-refractivity contribution >= 4 is 46.0 Å². The molecule has 1 unspecified atom stereocenters. The lowest BCUT2D eigenvalue weighted by Gasteiger charge is -2.32. The van der Waals surface area contributed by atoms with Crippen molar-refractivity contribution in [3.63, 3.8) is 0 Å². The Morgan fingerprint density at radius 3 is 2.45 bits per heavy atom. The smallest absolute Gasteiger partial charge is 0.312 e. The summed E-state index contributed by atoms with van der Waals surface area (Å²) in [6.07, 6.45) is 1.20. The van der Waals surface area contributed by atoms with Crippen molar-refractivity contribution in [2.45, 2.75) is 32.7 Å². The van der Waals surface area contributed by atoms with Crippen LogP contribution in [0.25, 0.3) is 0 Å². The van der Waals surface area contributed by atoms with Crippen molar-refractivity contribution in [3.05, 3.63) is 45.9 Å². The van der Waals surface area contributed by atoms with Gasteiger partial charge < -0.3 is 24.4 Å². The highest BCUT2D eigenvalue weighted by molar-refractivity contribution is 7.80. The van der Waals surface area contributed by atoms with Gasteiger partial charge in [0, 0.05) is 42.0 Å². The second kappa shape index (κ2) is 11.3. The molecule has 1 aliphatic heterocycles. The van der Waals surface area contributed by atoms with Gasteiger partial charge in [-0.15, -0.1) is 11.3 Å². The summed E-state index contributed by atoms with van der Waals surface area (Å²) < 4.78 is 23.9. The van der Waals surface area contributed by atoms with E-state index in [0.29, 0.717) is 31.7 Å². The molecular weight excluding hydrogens is 466 g/mol. The fourth-order valence-corrected chi connectivity index (χ4v) is 4.75. The average molecular weight is 493 g/mol. The number of nitrogens with one attached hydrogen (secondary N) is 2. The van der Waals surface area contributed by atoms with Gasteiger partial charge in [-0.2, -0.15) is 0 Å². The number of likely N-dealkylation sites (N-methyl/N-ethyl adjacent to an activating group) is 1. The van der Waals surface area contributed by atoms with E-state index in [1.165, 1.54) is 21.1 Å². The molecule has 1 saturated heterocycles. The van der Waals surface area contributed by atoms with Crippen LogP contribution in [0.5, 0.6) is 0 Å². The van der Waals surface area contributed by atoms with Gasteiger partial charge in [-0.3, -0.25) is 18.6 Å². The zero-order valence-electron chi connectivity index (χ0n) is 18.4. The van der Waals surface area contributed by atoms with E-state index in [1.54, 1.807) is 31.2 Å². The molecule has 1 aliphatic rings. The topological polar surface area (TPSA) is 135 Å². The molecule has 12 heteroatoms. The van der Waals surface area contributed by atoms with Crippen LogP contribution in [0.4, 0.5) is 5.69 Å². The summed E-state index contributed by atoms with van der Waals surface area (Å²) in [4.78, 5) is 44.6. The molecule has 3 rings (SSSR count). The Balaban J connectivity index is 1.70. The van der Waals surface area contributed by atoms with E-state index < -0.39 is 29.1 Å². The maximum atomic E-state index is 12.8. The number of anilines is 1. The second-order valence-electron chi connectivity index (χ2n) is 7.50. The van der Waals surface area contributed by atoms with Gasteiger partial charge in [0.1, 0.15) is 11.6 Å². The molecule has 1 fully saturated rings. The Morgan fingerprint density at radius 1 is 1.18 bits per heavy atom. The highest BCUT2D eigenvalue weighted by Crippen LogP contribution is 2.24. The molecule has 2 heterocycles. The van der Waals surface area contributed by atoms with Crippen molar-refractivity contribution in [2.75, 3.05) is 30.9 Å². The predicted octanol–water partition coefficient (Wildman–Crippen LogP) is 1.00. The number of piperazine rings is 1. The first-order valence-electron chi connectivity index (χ1n) is 10.6. The number of hydrogen-bond acceptors (Lipinski definition) is 7. The summed E-state index contributed by atoms with van der Waals surface area (Å²) in [5.41, 5.74) is 2.23. The zero-order chi connectivity index (χ0) is 24.0. The second-order valence-corrected chi connectivity index (χ2v) is 9.06. The van der Waals surface area contributed by atoms with E-state index in [0.717, 1.165) is 22.7 Å². The minimum atomic E-state index is -2.41. The number of carbonyl (C=O) groups excluding carboxylic acids is 3. The van der Waals surface area contributed by atoms with Crippen LogP contribution >= 0.6 is 11.3 Å². The van der Waals surface area contributed by atoms with Crippen LogP contribution in [-0.4, -0.2) is 67.4 Å². The third kappa shape index (κ3) is 6.59. The Morgan fingerprint density at radius 2 is 1.85 bits per heavy atom. The molecule has 10 nitrogen and oxygen atoms in total. The van der Waals surface area contributed by atoms with Crippen molar-refractivity contribution in [3.8, 4) is 0 Å². The largest absolute Gasteiger partial charge is 0.755 e. The lowest BCUT2D eigenvalue weighted by Crippen LogP contribution is -2.56. The Bertz CT molecular complexity index is 1030. The molecule has 1 aromatic heterocycles. The van der Waals surface area contributed by atoms with Crippen molar-refractivity contribution in [1.82, 2.24) is 20.1 Å². The van der Waals surface area contributed by atoms with Crippen LogP contribution in [0.15, 0.2) is 29.6 Å². The van der Waals surface area contributed by atoms with Crippen LogP contribution in [0.2, 0.25) is 0 Å². The SMILES string of the molecule is CCc1csc([C@H](Cc2ccc(NS(=O)[O-])cc2)NC(=O)CN2CCN(CC)C(=O)C2=O)n1. The Kier molecular flexibility index (Phi) is 8.53. The van der Waals surface area contributed by atoms with E-state index in [1.807, 2.05) is 12.3 Å². The van der Waals surface area contributed by atoms with Crippen LogP contribution in [-0.2, 0) is 38.5 Å². The van der Waals surface area contributed by atoms with Crippen LogP contribution in [0, 0.1) is 0 Å². The molecule has 33 heavy (non-hydrogen) atoms. The molecule has 3 amide bonds. The summed E-state index contributed by atoms with van der Waals surface area (Å²) in [5, 5.41) is 5.63. The van der Waals surface area contributed by atoms with E-state index >= 15 is 0 Å². The molecule has 0 bridgehead atoms. The van der Waals surface area contributed by atoms with Crippen LogP contribution in [0.1, 0.15) is 36.2 Å². The van der Waals surface area contributed by atoms with Crippen molar-refractivity contribution in [1.29, 1.82) is 0 Å². The molecule has 2 atom stereocenters. The predicted molar refractivity (Wildman–Crippen MR) is 124 cm³/mol. The monoisotopic (exact) mass is 492 g/mol. The van der Waals surface area contributed by atoms with E-state index in [-0.39, 0.29) is 12.5 Å². The normalized spacial score (nSPS) is 16.0. The molecule has 0 radical (unpaired) electrons. The van der Waals surface area contributed by atoms with Gasteiger partial charge in [-0.05, 0) is 37.5 Å². The number of nitrogens with zero attached hydrogens (tertiary/aromatic N) is 3. The number of aromatic nitrogens is 1. The number of aryl methyl sites for hydroxylation is 1. The number of thiazole rings is 1. The van der Waals surface area contributed by atoms with E-state index in [9.17, 15) is 23.1 Å². The van der Waals surface area contributed by atoms with Gasteiger partial charge in [-0.1, -0.05) is 19.1 Å². The highest BCUT2D eigenvalue weighted by Gasteiger charge is 2.33. The summed E-state index contributed by atoms with van der Waals surface area (Å²) in [5.74, 6) is -1.64. The molecule has 1 aromatic carbocycles. The lowest BCUT2D eigenvalue weighted by atomic mass is 10.1. The van der Waals surface area contributed by atoms with Gasteiger partial charge >= 0.3 is 11.8 Å². The molecule has 2 aromatic rings. The summed E-state index contributed by atoms with van der Waals surface area (Å²) in [6, 6.07) is 6.39. The maximum Gasteiger partial charge on any atom is 0.312 e. The molecular formula is C21H26N5O5S2-. The molecule has 0 aliphatic carbocycles. The first-order valence-corrected chi connectivity index (χ1v) is 12.5. The minimum Gasteiger partial charge on any atom is -0.755 e. The number of hydrogen-bond donors (Lipinski definition) is 2. The molecule has 0 spiro atoms. The molecule has 178 valence electrons. The van der Waals surface area contributed by atoms with Gasteiger partial charge in [0.2, 0.25) is 5.91 Å². The molecule has 2 N–H and O–H groups in total. The first-order chi connectivity index (χ1) is 15.8. The Labute approximate surface area is 198 Å². The van der Waals surface area contributed by atoms with Gasteiger partial charge in [-0.25, -0.2) is 4.98 Å². The van der Waals surface area contributed by atoms with Crippen LogP contribution < -0.4 is 10.0 Å². The fourth-order valence-electron chi connectivity index (χ4n) is 3.47. The summed E-state index contributed by atoms with van der Waals surface area (Å²) in [7, 11) is 0. The quantitative estimate of drug-likeness (QED) is 0.375. The summed E-state index contributed by atoms with van der Waals surface area (Å²) in [6.45, 7) is 4.76.